The number of allylic oxidation sites excluding steroid dienone is 3. The summed E-state index contributed by atoms with van der Waals surface area (Å²) in [6.07, 6.45) is 7.67. The van der Waals surface area contributed by atoms with Crippen LogP contribution in [0, 0.1) is 17.8 Å². The van der Waals surface area contributed by atoms with Gasteiger partial charge >= 0.3 is 0 Å². The fourth-order valence-electron chi connectivity index (χ4n) is 1.77. The monoisotopic (exact) mass is 194 g/mol. The first kappa shape index (κ1) is 11.5. The quantitative estimate of drug-likeness (QED) is 0.684. The zero-order chi connectivity index (χ0) is 10.7. The first-order chi connectivity index (χ1) is 6.52. The van der Waals surface area contributed by atoms with Crippen molar-refractivity contribution in [1.82, 2.24) is 0 Å². The highest BCUT2D eigenvalue weighted by atomic mass is 16.3. The van der Waals surface area contributed by atoms with Gasteiger partial charge in [-0.15, -0.1) is 0 Å². The van der Waals surface area contributed by atoms with Crippen molar-refractivity contribution >= 4 is 0 Å². The van der Waals surface area contributed by atoms with Crippen molar-refractivity contribution < 1.29 is 5.11 Å². The Bertz CT molecular complexity index is 238. The van der Waals surface area contributed by atoms with Gasteiger partial charge in [0, 0.05) is 0 Å². The summed E-state index contributed by atoms with van der Waals surface area (Å²) < 4.78 is 0. The molecule has 4 atom stereocenters. The predicted octanol–water partition coefficient (Wildman–Crippen LogP) is 3.16. The molecule has 14 heavy (non-hydrogen) atoms. The van der Waals surface area contributed by atoms with E-state index in [4.69, 9.17) is 0 Å². The highest BCUT2D eigenvalue weighted by Crippen LogP contribution is 2.32. The van der Waals surface area contributed by atoms with E-state index < -0.39 is 0 Å². The Morgan fingerprint density at radius 2 is 2.14 bits per heavy atom. The normalized spacial score (nSPS) is 31.9. The molecule has 0 bridgehead atoms. The van der Waals surface area contributed by atoms with E-state index in [1.54, 1.807) is 0 Å². The largest absolute Gasteiger partial charge is 0.393 e. The summed E-state index contributed by atoms with van der Waals surface area (Å²) in [6, 6.07) is 0. The molecule has 1 N–H and O–H groups in total. The van der Waals surface area contributed by atoms with Crippen LogP contribution in [0.4, 0.5) is 0 Å². The third-order valence-corrected chi connectivity index (χ3v) is 3.50. The van der Waals surface area contributed by atoms with Crippen LogP contribution in [-0.4, -0.2) is 11.2 Å². The van der Waals surface area contributed by atoms with E-state index in [0.29, 0.717) is 11.8 Å². The van der Waals surface area contributed by atoms with Crippen LogP contribution in [-0.2, 0) is 0 Å². The summed E-state index contributed by atoms with van der Waals surface area (Å²) in [5.74, 6) is 1.59. The Labute approximate surface area is 87.5 Å². The lowest BCUT2D eigenvalue weighted by Crippen LogP contribution is -2.11. The molecular weight excluding hydrogens is 172 g/mol. The van der Waals surface area contributed by atoms with Gasteiger partial charge in [-0.3, -0.25) is 0 Å². The molecule has 0 aliphatic heterocycles. The second-order valence-corrected chi connectivity index (χ2v) is 4.62. The van der Waals surface area contributed by atoms with Crippen molar-refractivity contribution in [2.45, 2.75) is 40.2 Å². The molecule has 0 aromatic heterocycles. The molecule has 0 amide bonds. The topological polar surface area (TPSA) is 20.2 Å². The Kier molecular flexibility index (Phi) is 3.94. The molecule has 0 fully saturated rings. The maximum Gasteiger partial charge on any atom is 0.0572 e. The van der Waals surface area contributed by atoms with Gasteiger partial charge in [0.25, 0.3) is 0 Å². The average Bonchev–Trinajstić information content (AvgIpc) is 2.44. The van der Waals surface area contributed by atoms with E-state index in [0.717, 1.165) is 6.42 Å². The lowest BCUT2D eigenvalue weighted by atomic mass is 9.92. The molecule has 0 radical (unpaired) electrons. The first-order valence-electron chi connectivity index (χ1n) is 5.55. The number of hydrogen-bond acceptors (Lipinski definition) is 1. The van der Waals surface area contributed by atoms with Crippen LogP contribution in [0.2, 0.25) is 0 Å². The van der Waals surface area contributed by atoms with E-state index in [1.807, 2.05) is 6.92 Å². The minimum Gasteiger partial charge on any atom is -0.393 e. The van der Waals surface area contributed by atoms with Gasteiger partial charge in [0.2, 0.25) is 0 Å². The lowest BCUT2D eigenvalue weighted by Gasteiger charge is -2.15. The van der Waals surface area contributed by atoms with Gasteiger partial charge in [-0.05, 0) is 38.0 Å². The van der Waals surface area contributed by atoms with Gasteiger partial charge in [-0.1, -0.05) is 37.6 Å². The Morgan fingerprint density at radius 3 is 2.57 bits per heavy atom. The van der Waals surface area contributed by atoms with E-state index in [2.05, 4.69) is 39.0 Å². The van der Waals surface area contributed by atoms with E-state index >= 15 is 0 Å². The SMILES string of the molecule is CC1=CCC(/C=C/C(C)C(C)O)C1C. The van der Waals surface area contributed by atoms with Crippen LogP contribution >= 0.6 is 0 Å². The van der Waals surface area contributed by atoms with Gasteiger partial charge in [0.05, 0.1) is 6.10 Å². The number of hydrogen-bond donors (Lipinski definition) is 1. The van der Waals surface area contributed by atoms with Crippen LogP contribution in [0.1, 0.15) is 34.1 Å². The zero-order valence-corrected chi connectivity index (χ0v) is 9.70. The molecule has 0 heterocycles. The summed E-state index contributed by atoms with van der Waals surface area (Å²) in [5, 5.41) is 9.35. The number of aliphatic hydroxyl groups excluding tert-OH is 1. The molecule has 4 unspecified atom stereocenters. The fraction of sp³-hybridized carbons (Fsp3) is 0.692. The summed E-state index contributed by atoms with van der Waals surface area (Å²) >= 11 is 0. The second-order valence-electron chi connectivity index (χ2n) is 4.62. The fourth-order valence-corrected chi connectivity index (χ4v) is 1.77. The van der Waals surface area contributed by atoms with Crippen molar-refractivity contribution in [2.24, 2.45) is 17.8 Å². The maximum atomic E-state index is 9.35. The Balaban J connectivity index is 2.47. The molecule has 1 aliphatic carbocycles. The summed E-state index contributed by atoms with van der Waals surface area (Å²) in [7, 11) is 0. The molecular formula is C13H22O. The molecule has 1 nitrogen and oxygen atoms in total. The lowest BCUT2D eigenvalue weighted by molar-refractivity contribution is 0.157. The minimum atomic E-state index is -0.239. The molecule has 0 aromatic rings. The average molecular weight is 194 g/mol. The third kappa shape index (κ3) is 2.71. The van der Waals surface area contributed by atoms with Crippen LogP contribution < -0.4 is 0 Å². The van der Waals surface area contributed by atoms with Gasteiger partial charge in [-0.25, -0.2) is 0 Å². The van der Waals surface area contributed by atoms with Gasteiger partial charge in [0.15, 0.2) is 0 Å². The Hall–Kier alpha value is -0.560. The van der Waals surface area contributed by atoms with Crippen molar-refractivity contribution in [2.75, 3.05) is 0 Å². The van der Waals surface area contributed by atoms with Crippen LogP contribution in [0.25, 0.3) is 0 Å². The van der Waals surface area contributed by atoms with Gasteiger partial charge in [0.1, 0.15) is 0 Å². The maximum absolute atomic E-state index is 9.35. The van der Waals surface area contributed by atoms with Crippen molar-refractivity contribution in [3.05, 3.63) is 23.8 Å². The van der Waals surface area contributed by atoms with E-state index in [-0.39, 0.29) is 12.0 Å². The van der Waals surface area contributed by atoms with Gasteiger partial charge < -0.3 is 5.11 Å². The van der Waals surface area contributed by atoms with Crippen LogP contribution in [0.15, 0.2) is 23.8 Å². The molecule has 0 saturated heterocycles. The molecule has 1 aliphatic rings. The highest BCUT2D eigenvalue weighted by molar-refractivity contribution is 5.16. The smallest absolute Gasteiger partial charge is 0.0572 e. The van der Waals surface area contributed by atoms with Crippen LogP contribution in [0.5, 0.6) is 0 Å². The zero-order valence-electron chi connectivity index (χ0n) is 9.70. The molecule has 0 spiro atoms. The molecule has 1 heteroatoms. The molecule has 80 valence electrons. The van der Waals surface area contributed by atoms with Gasteiger partial charge in [-0.2, -0.15) is 0 Å². The van der Waals surface area contributed by atoms with Crippen molar-refractivity contribution in [1.29, 1.82) is 0 Å². The van der Waals surface area contributed by atoms with Crippen LogP contribution in [0.3, 0.4) is 0 Å². The standard InChI is InChI=1S/C13H22O/c1-9-5-7-13(11(9)3)8-6-10(2)12(4)14/h5-6,8,10-14H,7H2,1-4H3/b8-6+. The van der Waals surface area contributed by atoms with E-state index in [1.165, 1.54) is 5.57 Å². The van der Waals surface area contributed by atoms with E-state index in [9.17, 15) is 5.11 Å². The summed E-state index contributed by atoms with van der Waals surface area (Å²) in [4.78, 5) is 0. The molecule has 1 rings (SSSR count). The highest BCUT2D eigenvalue weighted by Gasteiger charge is 2.20. The Morgan fingerprint density at radius 1 is 1.50 bits per heavy atom. The van der Waals surface area contributed by atoms with Crippen molar-refractivity contribution in [3.63, 3.8) is 0 Å². The summed E-state index contributed by atoms with van der Waals surface area (Å²) in [6.45, 7) is 8.38. The predicted molar refractivity (Wildman–Crippen MR) is 61.0 cm³/mol. The first-order valence-corrected chi connectivity index (χ1v) is 5.55. The number of aliphatic hydroxyl groups is 1. The molecule has 0 saturated carbocycles. The molecule has 0 aromatic carbocycles. The minimum absolute atomic E-state index is 0.239. The summed E-state index contributed by atoms with van der Waals surface area (Å²) in [5.41, 5.74) is 1.50. The second kappa shape index (κ2) is 4.79. The van der Waals surface area contributed by atoms with Crippen molar-refractivity contribution in [3.8, 4) is 0 Å². The third-order valence-electron chi connectivity index (χ3n) is 3.50. The number of rotatable bonds is 3.